The van der Waals surface area contributed by atoms with Crippen LogP contribution in [0.5, 0.6) is 5.75 Å². The van der Waals surface area contributed by atoms with Gasteiger partial charge in [0.25, 0.3) is 5.91 Å². The van der Waals surface area contributed by atoms with Crippen molar-refractivity contribution in [3.63, 3.8) is 0 Å². The number of hydrogen-bond acceptors (Lipinski definition) is 4. The topological polar surface area (TPSA) is 77.5 Å². The Morgan fingerprint density at radius 2 is 1.92 bits per heavy atom. The molecule has 3 aromatic rings. The number of benzene rings is 2. The molecule has 26 heavy (non-hydrogen) atoms. The van der Waals surface area contributed by atoms with Gasteiger partial charge in [-0.3, -0.25) is 4.79 Å². The molecule has 0 saturated carbocycles. The molecule has 0 fully saturated rings. The highest BCUT2D eigenvalue weighted by molar-refractivity contribution is 5.98. The van der Waals surface area contributed by atoms with E-state index < -0.39 is 0 Å². The summed E-state index contributed by atoms with van der Waals surface area (Å²) in [5.74, 6) is 0.826. The predicted molar refractivity (Wildman–Crippen MR) is 102 cm³/mol. The SMILES string of the molecule is COc1ccc(C(N)C(C)C)c2cc(C(=O)NCc3ccccc3)oc12. The third kappa shape index (κ3) is 3.58. The highest BCUT2D eigenvalue weighted by Gasteiger charge is 2.21. The Hall–Kier alpha value is -2.79. The maximum Gasteiger partial charge on any atom is 0.287 e. The number of ether oxygens (including phenoxy) is 1. The first-order chi connectivity index (χ1) is 12.5. The molecule has 0 aliphatic heterocycles. The molecule has 0 aliphatic carbocycles. The van der Waals surface area contributed by atoms with Gasteiger partial charge in [0.15, 0.2) is 17.1 Å². The summed E-state index contributed by atoms with van der Waals surface area (Å²) in [7, 11) is 1.58. The van der Waals surface area contributed by atoms with Crippen LogP contribution in [-0.4, -0.2) is 13.0 Å². The van der Waals surface area contributed by atoms with Crippen molar-refractivity contribution in [1.29, 1.82) is 0 Å². The Labute approximate surface area is 153 Å². The van der Waals surface area contributed by atoms with Crippen molar-refractivity contribution in [3.05, 3.63) is 65.4 Å². The lowest BCUT2D eigenvalue weighted by atomic mass is 9.94. The first kappa shape index (κ1) is 18.0. The number of hydrogen-bond donors (Lipinski definition) is 2. The second-order valence-corrected chi connectivity index (χ2v) is 6.65. The standard InChI is InChI=1S/C21H24N2O3/c1-13(2)19(22)15-9-10-17(25-3)20-16(15)11-18(26-20)21(24)23-12-14-7-5-4-6-8-14/h4-11,13,19H,12,22H2,1-3H3,(H,23,24). The number of nitrogens with two attached hydrogens (primary N) is 1. The van der Waals surface area contributed by atoms with Crippen LogP contribution in [0.1, 0.15) is 41.6 Å². The second-order valence-electron chi connectivity index (χ2n) is 6.65. The number of furan rings is 1. The van der Waals surface area contributed by atoms with Gasteiger partial charge in [0.2, 0.25) is 0 Å². The van der Waals surface area contributed by atoms with E-state index in [0.29, 0.717) is 17.9 Å². The quantitative estimate of drug-likeness (QED) is 0.702. The molecule has 1 amide bonds. The number of nitrogens with one attached hydrogen (secondary N) is 1. The summed E-state index contributed by atoms with van der Waals surface area (Å²) < 4.78 is 11.2. The first-order valence-electron chi connectivity index (χ1n) is 8.69. The number of methoxy groups -OCH3 is 1. The van der Waals surface area contributed by atoms with Crippen LogP contribution in [0.25, 0.3) is 11.0 Å². The Morgan fingerprint density at radius 1 is 1.19 bits per heavy atom. The Kier molecular flexibility index (Phi) is 5.28. The summed E-state index contributed by atoms with van der Waals surface area (Å²) in [5.41, 5.74) is 8.85. The van der Waals surface area contributed by atoms with E-state index in [1.807, 2.05) is 42.5 Å². The van der Waals surface area contributed by atoms with Crippen LogP contribution < -0.4 is 15.8 Å². The molecule has 1 aromatic heterocycles. The fourth-order valence-electron chi connectivity index (χ4n) is 2.91. The van der Waals surface area contributed by atoms with Gasteiger partial charge in [-0.15, -0.1) is 0 Å². The van der Waals surface area contributed by atoms with Crippen LogP contribution in [0, 0.1) is 5.92 Å². The average molecular weight is 352 g/mol. The highest BCUT2D eigenvalue weighted by atomic mass is 16.5. The molecule has 0 radical (unpaired) electrons. The van der Waals surface area contributed by atoms with E-state index in [9.17, 15) is 4.79 Å². The normalized spacial score (nSPS) is 12.3. The molecule has 1 unspecified atom stereocenters. The molecule has 3 N–H and O–H groups in total. The summed E-state index contributed by atoms with van der Waals surface area (Å²) in [6.07, 6.45) is 0. The van der Waals surface area contributed by atoms with E-state index >= 15 is 0 Å². The first-order valence-corrected chi connectivity index (χ1v) is 8.69. The Balaban J connectivity index is 1.91. The third-order valence-corrected chi connectivity index (χ3v) is 4.50. The van der Waals surface area contributed by atoms with Crippen molar-refractivity contribution in [2.24, 2.45) is 11.7 Å². The minimum Gasteiger partial charge on any atom is -0.493 e. The molecule has 2 aromatic carbocycles. The molecule has 5 nitrogen and oxygen atoms in total. The largest absolute Gasteiger partial charge is 0.493 e. The van der Waals surface area contributed by atoms with Crippen molar-refractivity contribution in [3.8, 4) is 5.75 Å². The van der Waals surface area contributed by atoms with E-state index in [0.717, 1.165) is 16.5 Å². The number of amides is 1. The summed E-state index contributed by atoms with van der Waals surface area (Å²) in [6.45, 7) is 4.56. The van der Waals surface area contributed by atoms with Crippen LogP contribution in [0.3, 0.4) is 0 Å². The lowest BCUT2D eigenvalue weighted by Crippen LogP contribution is -2.22. The molecule has 0 spiro atoms. The molecule has 0 aliphatic rings. The van der Waals surface area contributed by atoms with Crippen molar-refractivity contribution < 1.29 is 13.9 Å². The monoisotopic (exact) mass is 352 g/mol. The fourth-order valence-corrected chi connectivity index (χ4v) is 2.91. The van der Waals surface area contributed by atoms with Gasteiger partial charge < -0.3 is 20.2 Å². The lowest BCUT2D eigenvalue weighted by molar-refractivity contribution is 0.0925. The zero-order valence-corrected chi connectivity index (χ0v) is 15.3. The van der Waals surface area contributed by atoms with E-state index in [1.54, 1.807) is 13.2 Å². The molecule has 0 bridgehead atoms. The molecule has 3 rings (SSSR count). The zero-order chi connectivity index (χ0) is 18.7. The molecular formula is C21H24N2O3. The minimum absolute atomic E-state index is 0.152. The van der Waals surface area contributed by atoms with Crippen molar-refractivity contribution in [2.75, 3.05) is 7.11 Å². The van der Waals surface area contributed by atoms with Crippen LogP contribution in [-0.2, 0) is 6.54 Å². The van der Waals surface area contributed by atoms with Gasteiger partial charge in [0, 0.05) is 18.0 Å². The molecule has 136 valence electrons. The van der Waals surface area contributed by atoms with Gasteiger partial charge in [-0.1, -0.05) is 50.2 Å². The maximum absolute atomic E-state index is 12.5. The summed E-state index contributed by atoms with van der Waals surface area (Å²) in [6, 6.07) is 15.1. The lowest BCUT2D eigenvalue weighted by Gasteiger charge is -2.17. The highest BCUT2D eigenvalue weighted by Crippen LogP contribution is 2.35. The predicted octanol–water partition coefficient (Wildman–Crippen LogP) is 4.03. The molecule has 1 atom stereocenters. The summed E-state index contributed by atoms with van der Waals surface area (Å²) in [5, 5.41) is 3.70. The second kappa shape index (κ2) is 7.62. The van der Waals surface area contributed by atoms with Crippen molar-refractivity contribution in [2.45, 2.75) is 26.4 Å². The van der Waals surface area contributed by atoms with E-state index in [-0.39, 0.29) is 23.6 Å². The van der Waals surface area contributed by atoms with E-state index in [1.165, 1.54) is 0 Å². The van der Waals surface area contributed by atoms with Crippen LogP contribution in [0.15, 0.2) is 52.9 Å². The Bertz CT molecular complexity index is 900. The average Bonchev–Trinajstić information content (AvgIpc) is 3.11. The number of carbonyl (C=O) groups excluding carboxylic acids is 1. The zero-order valence-electron chi connectivity index (χ0n) is 15.3. The van der Waals surface area contributed by atoms with Crippen molar-refractivity contribution in [1.82, 2.24) is 5.32 Å². The van der Waals surface area contributed by atoms with Gasteiger partial charge in [-0.2, -0.15) is 0 Å². The van der Waals surface area contributed by atoms with Crippen LogP contribution in [0.2, 0.25) is 0 Å². The van der Waals surface area contributed by atoms with Crippen LogP contribution >= 0.6 is 0 Å². The van der Waals surface area contributed by atoms with Crippen LogP contribution in [0.4, 0.5) is 0 Å². The van der Waals surface area contributed by atoms with Crippen molar-refractivity contribution >= 4 is 16.9 Å². The molecule has 5 heteroatoms. The van der Waals surface area contributed by atoms with Gasteiger partial charge in [-0.25, -0.2) is 0 Å². The summed E-state index contributed by atoms with van der Waals surface area (Å²) in [4.78, 5) is 12.5. The smallest absolute Gasteiger partial charge is 0.287 e. The van der Waals surface area contributed by atoms with Gasteiger partial charge >= 0.3 is 0 Å². The van der Waals surface area contributed by atoms with E-state index in [4.69, 9.17) is 14.9 Å². The van der Waals surface area contributed by atoms with Gasteiger partial charge in [0.05, 0.1) is 7.11 Å². The summed E-state index contributed by atoms with van der Waals surface area (Å²) >= 11 is 0. The number of rotatable bonds is 6. The van der Waals surface area contributed by atoms with Gasteiger partial charge in [0.1, 0.15) is 0 Å². The molecule has 0 saturated heterocycles. The van der Waals surface area contributed by atoms with E-state index in [2.05, 4.69) is 19.2 Å². The molecule has 1 heterocycles. The van der Waals surface area contributed by atoms with Gasteiger partial charge in [-0.05, 0) is 29.2 Å². The molecular weight excluding hydrogens is 328 g/mol. The third-order valence-electron chi connectivity index (χ3n) is 4.50. The maximum atomic E-state index is 12.5. The fraction of sp³-hybridized carbons (Fsp3) is 0.286. The number of fused-ring (bicyclic) bond motifs is 1. The minimum atomic E-state index is -0.267. The number of carbonyl (C=O) groups is 1. The Morgan fingerprint density at radius 3 is 2.58 bits per heavy atom.